The highest BCUT2D eigenvalue weighted by Gasteiger charge is 2.27. The molecule has 1 aromatic heterocycles. The molecule has 0 unspecified atom stereocenters. The quantitative estimate of drug-likeness (QED) is 0.673. The molecule has 20 heavy (non-hydrogen) atoms. The molecule has 2 rings (SSSR count). The third-order valence-electron chi connectivity index (χ3n) is 3.20. The minimum atomic E-state index is -0.192. The van der Waals surface area contributed by atoms with Crippen LogP contribution in [0.4, 0.5) is 5.69 Å². The molecule has 1 aliphatic rings. The minimum Gasteiger partial charge on any atom is -0.372 e. The molecule has 0 aromatic carbocycles. The van der Waals surface area contributed by atoms with Crippen molar-refractivity contribution in [3.8, 4) is 0 Å². The number of nitrogens with zero attached hydrogens (tertiary/aromatic N) is 3. The van der Waals surface area contributed by atoms with Crippen LogP contribution in [0.15, 0.2) is 29.2 Å². The average Bonchev–Trinajstić information content (AvgIpc) is 2.39. The largest absolute Gasteiger partial charge is 0.372 e. The summed E-state index contributed by atoms with van der Waals surface area (Å²) >= 11 is 4.08. The number of allylic oxidation sites excluding steroid dienone is 1. The number of hydrogen-bond acceptors (Lipinski definition) is 5. The van der Waals surface area contributed by atoms with Crippen LogP contribution in [0.2, 0.25) is 0 Å². The fraction of sp³-hybridized carbons (Fsp3) is 0.571. The third kappa shape index (κ3) is 3.86. The fourth-order valence-electron chi connectivity index (χ4n) is 2.22. The van der Waals surface area contributed by atoms with Gasteiger partial charge in [-0.1, -0.05) is 12.2 Å². The monoisotopic (exact) mass is 295 g/mol. The molecule has 6 heteroatoms. The van der Waals surface area contributed by atoms with Gasteiger partial charge in [0.15, 0.2) is 0 Å². The fourth-order valence-corrected chi connectivity index (χ4v) is 2.37. The van der Waals surface area contributed by atoms with E-state index in [0.29, 0.717) is 18.9 Å². The molecule has 1 aliphatic heterocycles. The van der Waals surface area contributed by atoms with Gasteiger partial charge in [-0.2, -0.15) is 17.7 Å². The second kappa shape index (κ2) is 6.45. The molecule has 0 atom stereocenters. The summed E-state index contributed by atoms with van der Waals surface area (Å²) in [4.78, 5) is 14.2. The molecule has 0 N–H and O–H groups in total. The Bertz CT molecular complexity index is 539. The van der Waals surface area contributed by atoms with E-state index in [4.69, 9.17) is 4.74 Å². The van der Waals surface area contributed by atoms with E-state index in [9.17, 15) is 4.79 Å². The van der Waals surface area contributed by atoms with Crippen LogP contribution in [0.25, 0.3) is 0 Å². The highest BCUT2D eigenvalue weighted by atomic mass is 32.1. The van der Waals surface area contributed by atoms with Crippen molar-refractivity contribution in [3.05, 3.63) is 34.8 Å². The van der Waals surface area contributed by atoms with Gasteiger partial charge in [-0.25, -0.2) is 4.68 Å². The lowest BCUT2D eigenvalue weighted by Crippen LogP contribution is -2.48. The lowest BCUT2D eigenvalue weighted by molar-refractivity contribution is -0.0277. The van der Waals surface area contributed by atoms with E-state index in [1.165, 1.54) is 4.68 Å². The summed E-state index contributed by atoms with van der Waals surface area (Å²) in [5, 5.41) is 4.22. The molecule has 2 heterocycles. The number of aromatic nitrogens is 2. The summed E-state index contributed by atoms with van der Waals surface area (Å²) in [7, 11) is 0. The predicted octanol–water partition coefficient (Wildman–Crippen LogP) is 1.34. The van der Waals surface area contributed by atoms with Crippen molar-refractivity contribution in [1.29, 1.82) is 0 Å². The van der Waals surface area contributed by atoms with E-state index in [0.717, 1.165) is 18.8 Å². The SMILES string of the molecule is CC1(C)CN(c2cnn(C/C=C/CS)c(=O)c2)CCO1. The van der Waals surface area contributed by atoms with Crippen molar-refractivity contribution in [1.82, 2.24) is 9.78 Å². The van der Waals surface area contributed by atoms with Gasteiger partial charge in [-0.05, 0) is 13.8 Å². The topological polar surface area (TPSA) is 47.4 Å². The Morgan fingerprint density at radius 1 is 1.50 bits per heavy atom. The molecular formula is C14H21N3O2S. The molecule has 0 spiro atoms. The van der Waals surface area contributed by atoms with Crippen molar-refractivity contribution < 1.29 is 4.74 Å². The maximum atomic E-state index is 12.0. The molecular weight excluding hydrogens is 274 g/mol. The normalized spacial score (nSPS) is 18.6. The van der Waals surface area contributed by atoms with Gasteiger partial charge in [0.1, 0.15) is 0 Å². The maximum Gasteiger partial charge on any atom is 0.269 e. The van der Waals surface area contributed by atoms with Crippen molar-refractivity contribution in [2.45, 2.75) is 26.0 Å². The lowest BCUT2D eigenvalue weighted by atomic mass is 10.1. The van der Waals surface area contributed by atoms with Crippen LogP contribution in [-0.2, 0) is 11.3 Å². The number of morpholine rings is 1. The molecule has 1 aromatic rings. The molecule has 0 aliphatic carbocycles. The van der Waals surface area contributed by atoms with Crippen LogP contribution in [0.3, 0.4) is 0 Å². The molecule has 0 radical (unpaired) electrons. The zero-order valence-corrected chi connectivity index (χ0v) is 12.8. The third-order valence-corrected chi connectivity index (χ3v) is 3.41. The number of anilines is 1. The zero-order valence-electron chi connectivity index (χ0n) is 12.0. The molecule has 5 nitrogen and oxygen atoms in total. The first-order valence-corrected chi connectivity index (χ1v) is 7.37. The van der Waals surface area contributed by atoms with Gasteiger partial charge in [0.2, 0.25) is 0 Å². The van der Waals surface area contributed by atoms with Crippen LogP contribution < -0.4 is 10.5 Å². The summed E-state index contributed by atoms with van der Waals surface area (Å²) in [5.41, 5.74) is 0.582. The Hall–Kier alpha value is -1.27. The first-order chi connectivity index (χ1) is 9.52. The van der Waals surface area contributed by atoms with E-state index in [-0.39, 0.29) is 11.2 Å². The molecule has 0 saturated carbocycles. The number of ether oxygens (including phenoxy) is 1. The van der Waals surface area contributed by atoms with Gasteiger partial charge in [0, 0.05) is 24.9 Å². The zero-order chi connectivity index (χ0) is 14.6. The summed E-state index contributed by atoms with van der Waals surface area (Å²) < 4.78 is 7.11. The maximum absolute atomic E-state index is 12.0. The Kier molecular flexibility index (Phi) is 4.88. The van der Waals surface area contributed by atoms with Gasteiger partial charge in [-0.15, -0.1) is 0 Å². The average molecular weight is 295 g/mol. The van der Waals surface area contributed by atoms with Crippen LogP contribution in [-0.4, -0.2) is 40.8 Å². The van der Waals surface area contributed by atoms with Gasteiger partial charge in [0.05, 0.1) is 30.6 Å². The molecule has 1 saturated heterocycles. The molecule has 0 bridgehead atoms. The van der Waals surface area contributed by atoms with Gasteiger partial charge < -0.3 is 9.64 Å². The van der Waals surface area contributed by atoms with Crippen LogP contribution in [0, 0.1) is 0 Å². The second-order valence-electron chi connectivity index (χ2n) is 5.42. The van der Waals surface area contributed by atoms with Crippen LogP contribution in [0.5, 0.6) is 0 Å². The molecule has 110 valence electrons. The van der Waals surface area contributed by atoms with Gasteiger partial charge in [-0.3, -0.25) is 4.79 Å². The molecule has 1 fully saturated rings. The Balaban J connectivity index is 2.12. The van der Waals surface area contributed by atoms with Crippen molar-refractivity contribution >= 4 is 18.3 Å². The molecule has 0 amide bonds. The first kappa shape index (κ1) is 15.1. The summed E-state index contributed by atoms with van der Waals surface area (Å²) in [6.07, 6.45) is 5.53. The smallest absolute Gasteiger partial charge is 0.269 e. The van der Waals surface area contributed by atoms with Crippen molar-refractivity contribution in [2.75, 3.05) is 30.3 Å². The Morgan fingerprint density at radius 2 is 2.30 bits per heavy atom. The van der Waals surface area contributed by atoms with E-state index in [2.05, 4.69) is 36.5 Å². The number of thiol groups is 1. The first-order valence-electron chi connectivity index (χ1n) is 6.74. The minimum absolute atomic E-state index is 0.0874. The summed E-state index contributed by atoms with van der Waals surface area (Å²) in [6, 6.07) is 1.64. The Morgan fingerprint density at radius 3 is 2.95 bits per heavy atom. The predicted molar refractivity (Wildman–Crippen MR) is 83.7 cm³/mol. The van der Waals surface area contributed by atoms with Gasteiger partial charge in [0.25, 0.3) is 5.56 Å². The van der Waals surface area contributed by atoms with E-state index in [1.807, 2.05) is 12.2 Å². The van der Waals surface area contributed by atoms with E-state index in [1.54, 1.807) is 12.3 Å². The second-order valence-corrected chi connectivity index (χ2v) is 5.78. The van der Waals surface area contributed by atoms with E-state index < -0.39 is 0 Å². The standard InChI is InChI=1S/C14H21N3O2S/c1-14(2)11-16(6-7-19-14)12-9-13(18)17(15-10-12)5-3-4-8-20/h3-4,9-10,20H,5-8,11H2,1-2H3/b4-3+. The van der Waals surface area contributed by atoms with Crippen molar-refractivity contribution in [3.63, 3.8) is 0 Å². The van der Waals surface area contributed by atoms with Gasteiger partial charge >= 0.3 is 0 Å². The van der Waals surface area contributed by atoms with Crippen LogP contribution >= 0.6 is 12.6 Å². The highest BCUT2D eigenvalue weighted by molar-refractivity contribution is 7.80. The van der Waals surface area contributed by atoms with Crippen molar-refractivity contribution in [2.24, 2.45) is 0 Å². The number of hydrogen-bond donors (Lipinski definition) is 1. The van der Waals surface area contributed by atoms with E-state index >= 15 is 0 Å². The lowest BCUT2D eigenvalue weighted by Gasteiger charge is -2.39. The summed E-state index contributed by atoms with van der Waals surface area (Å²) in [6.45, 7) is 6.80. The number of rotatable bonds is 4. The summed E-state index contributed by atoms with van der Waals surface area (Å²) in [5.74, 6) is 0.662. The van der Waals surface area contributed by atoms with Crippen LogP contribution in [0.1, 0.15) is 13.8 Å². The Labute approximate surface area is 124 Å². The highest BCUT2D eigenvalue weighted by Crippen LogP contribution is 2.21.